The number of nitrogens with zero attached hydrogens (tertiary/aromatic N) is 1. The summed E-state index contributed by atoms with van der Waals surface area (Å²) in [6.07, 6.45) is 3.19. The predicted molar refractivity (Wildman–Crippen MR) is 64.2 cm³/mol. The number of aromatic nitrogens is 1. The van der Waals surface area contributed by atoms with Gasteiger partial charge in [-0.2, -0.15) is 0 Å². The van der Waals surface area contributed by atoms with Gasteiger partial charge in [0.15, 0.2) is 0 Å². The first-order chi connectivity index (χ1) is 7.15. The van der Waals surface area contributed by atoms with Crippen molar-refractivity contribution in [3.8, 4) is 0 Å². The summed E-state index contributed by atoms with van der Waals surface area (Å²) in [5.41, 5.74) is 1.31. The summed E-state index contributed by atoms with van der Waals surface area (Å²) in [6.45, 7) is 7.37. The molecule has 0 saturated carbocycles. The molecule has 0 unspecified atom stereocenters. The minimum atomic E-state index is 0.140. The summed E-state index contributed by atoms with van der Waals surface area (Å²) in [6, 6.07) is 5.58. The highest BCUT2D eigenvalue weighted by Gasteiger charge is 2.04. The van der Waals surface area contributed by atoms with Gasteiger partial charge < -0.3 is 4.57 Å². The molecular formula is C13H21NO. The predicted octanol–water partition coefficient (Wildman–Crippen LogP) is 2.85. The third-order valence-corrected chi connectivity index (χ3v) is 2.49. The van der Waals surface area contributed by atoms with E-state index in [1.807, 2.05) is 10.6 Å². The fourth-order valence-corrected chi connectivity index (χ4v) is 1.73. The van der Waals surface area contributed by atoms with Crippen LogP contribution >= 0.6 is 0 Å². The molecule has 0 aliphatic rings. The van der Waals surface area contributed by atoms with Crippen LogP contribution in [0.4, 0.5) is 0 Å². The molecule has 0 radical (unpaired) electrons. The van der Waals surface area contributed by atoms with Gasteiger partial charge >= 0.3 is 0 Å². The first-order valence-corrected chi connectivity index (χ1v) is 5.84. The summed E-state index contributed by atoms with van der Waals surface area (Å²) in [7, 11) is 0. The van der Waals surface area contributed by atoms with Gasteiger partial charge in [-0.05, 0) is 24.8 Å². The molecule has 0 saturated heterocycles. The van der Waals surface area contributed by atoms with E-state index in [0.29, 0.717) is 5.92 Å². The van der Waals surface area contributed by atoms with Crippen LogP contribution in [0.2, 0.25) is 0 Å². The average molecular weight is 207 g/mol. The zero-order chi connectivity index (χ0) is 11.3. The van der Waals surface area contributed by atoms with Gasteiger partial charge in [-0.3, -0.25) is 4.79 Å². The number of rotatable bonds is 5. The summed E-state index contributed by atoms with van der Waals surface area (Å²) < 4.78 is 1.92. The van der Waals surface area contributed by atoms with Crippen LogP contribution in [0.25, 0.3) is 0 Å². The second-order valence-corrected chi connectivity index (χ2v) is 4.46. The van der Waals surface area contributed by atoms with Crippen molar-refractivity contribution in [2.75, 3.05) is 0 Å². The molecule has 2 nitrogen and oxygen atoms in total. The molecule has 0 N–H and O–H groups in total. The Bertz CT molecular complexity index is 352. The molecule has 1 aromatic heterocycles. The number of hydrogen-bond donors (Lipinski definition) is 0. The highest BCUT2D eigenvalue weighted by Crippen LogP contribution is 2.07. The monoisotopic (exact) mass is 207 g/mol. The molecule has 0 atom stereocenters. The van der Waals surface area contributed by atoms with Crippen molar-refractivity contribution in [1.82, 2.24) is 4.57 Å². The zero-order valence-electron chi connectivity index (χ0n) is 9.99. The normalized spacial score (nSPS) is 10.9. The van der Waals surface area contributed by atoms with Crippen molar-refractivity contribution in [3.63, 3.8) is 0 Å². The lowest BCUT2D eigenvalue weighted by atomic mass is 10.1. The standard InChI is InChI=1S/C13H21NO/c1-4-5-9-14-12(10-11(2)3)7-6-8-13(14)15/h6-8,11H,4-5,9-10H2,1-3H3. The van der Waals surface area contributed by atoms with E-state index in [9.17, 15) is 4.79 Å². The number of unbranched alkanes of at least 4 members (excludes halogenated alkanes) is 1. The molecule has 0 spiro atoms. The molecule has 0 fully saturated rings. The van der Waals surface area contributed by atoms with Crippen LogP contribution in [0.15, 0.2) is 23.0 Å². The summed E-state index contributed by atoms with van der Waals surface area (Å²) in [5.74, 6) is 0.597. The Labute approximate surface area is 91.9 Å². The van der Waals surface area contributed by atoms with Crippen LogP contribution in [0.5, 0.6) is 0 Å². The smallest absolute Gasteiger partial charge is 0.250 e. The van der Waals surface area contributed by atoms with E-state index < -0.39 is 0 Å². The minimum absolute atomic E-state index is 0.140. The topological polar surface area (TPSA) is 22.0 Å². The lowest BCUT2D eigenvalue weighted by molar-refractivity contribution is 0.547. The van der Waals surface area contributed by atoms with Gasteiger partial charge in [-0.1, -0.05) is 33.3 Å². The van der Waals surface area contributed by atoms with Gasteiger partial charge in [-0.15, -0.1) is 0 Å². The van der Waals surface area contributed by atoms with E-state index in [2.05, 4.69) is 26.8 Å². The van der Waals surface area contributed by atoms with Gasteiger partial charge in [0.1, 0.15) is 0 Å². The fraction of sp³-hybridized carbons (Fsp3) is 0.615. The van der Waals surface area contributed by atoms with Crippen molar-refractivity contribution >= 4 is 0 Å². The van der Waals surface area contributed by atoms with Crippen molar-refractivity contribution in [2.24, 2.45) is 5.92 Å². The molecule has 0 aliphatic carbocycles. The molecule has 0 aromatic carbocycles. The van der Waals surface area contributed by atoms with E-state index in [-0.39, 0.29) is 5.56 Å². The molecule has 2 heteroatoms. The summed E-state index contributed by atoms with van der Waals surface area (Å²) in [4.78, 5) is 11.7. The van der Waals surface area contributed by atoms with E-state index in [0.717, 1.165) is 25.8 Å². The first kappa shape index (κ1) is 12.0. The number of hydrogen-bond acceptors (Lipinski definition) is 1. The first-order valence-electron chi connectivity index (χ1n) is 5.84. The molecule has 1 rings (SSSR count). The van der Waals surface area contributed by atoms with Gasteiger partial charge in [0.05, 0.1) is 0 Å². The second-order valence-electron chi connectivity index (χ2n) is 4.46. The van der Waals surface area contributed by atoms with Crippen LogP contribution < -0.4 is 5.56 Å². The van der Waals surface area contributed by atoms with Gasteiger partial charge in [0, 0.05) is 18.3 Å². The summed E-state index contributed by atoms with van der Waals surface area (Å²) in [5, 5.41) is 0. The van der Waals surface area contributed by atoms with Crippen molar-refractivity contribution in [1.29, 1.82) is 0 Å². The molecule has 0 bridgehead atoms. The molecule has 0 amide bonds. The third kappa shape index (κ3) is 3.54. The maximum Gasteiger partial charge on any atom is 0.250 e. The van der Waals surface area contributed by atoms with E-state index in [4.69, 9.17) is 0 Å². The van der Waals surface area contributed by atoms with Crippen molar-refractivity contribution < 1.29 is 0 Å². The Morgan fingerprint density at radius 2 is 2.07 bits per heavy atom. The maximum atomic E-state index is 11.7. The Hall–Kier alpha value is -1.05. The lowest BCUT2D eigenvalue weighted by Gasteiger charge is -2.13. The molecule has 1 aromatic rings. The van der Waals surface area contributed by atoms with Crippen molar-refractivity contribution in [3.05, 3.63) is 34.2 Å². The van der Waals surface area contributed by atoms with Crippen LogP contribution in [-0.4, -0.2) is 4.57 Å². The molecule has 1 heterocycles. The highest BCUT2D eigenvalue weighted by molar-refractivity contribution is 5.07. The van der Waals surface area contributed by atoms with Crippen LogP contribution in [0.3, 0.4) is 0 Å². The van der Waals surface area contributed by atoms with Crippen LogP contribution in [-0.2, 0) is 13.0 Å². The minimum Gasteiger partial charge on any atom is -0.313 e. The van der Waals surface area contributed by atoms with Crippen LogP contribution in [0.1, 0.15) is 39.3 Å². The largest absolute Gasteiger partial charge is 0.313 e. The maximum absolute atomic E-state index is 11.7. The van der Waals surface area contributed by atoms with E-state index in [1.54, 1.807) is 6.07 Å². The van der Waals surface area contributed by atoms with Gasteiger partial charge in [0.25, 0.3) is 5.56 Å². The molecule has 15 heavy (non-hydrogen) atoms. The van der Waals surface area contributed by atoms with E-state index >= 15 is 0 Å². The Balaban J connectivity index is 2.92. The Morgan fingerprint density at radius 3 is 2.67 bits per heavy atom. The number of pyridine rings is 1. The molecule has 0 aliphatic heterocycles. The second kappa shape index (κ2) is 5.74. The Morgan fingerprint density at radius 1 is 1.33 bits per heavy atom. The molecular weight excluding hydrogens is 186 g/mol. The quantitative estimate of drug-likeness (QED) is 0.727. The SMILES string of the molecule is CCCCn1c(CC(C)C)cccc1=O. The summed E-state index contributed by atoms with van der Waals surface area (Å²) >= 11 is 0. The van der Waals surface area contributed by atoms with Crippen molar-refractivity contribution in [2.45, 2.75) is 46.6 Å². The van der Waals surface area contributed by atoms with Gasteiger partial charge in [-0.25, -0.2) is 0 Å². The lowest BCUT2D eigenvalue weighted by Crippen LogP contribution is -2.23. The van der Waals surface area contributed by atoms with Gasteiger partial charge in [0.2, 0.25) is 0 Å². The van der Waals surface area contributed by atoms with Crippen LogP contribution in [0, 0.1) is 5.92 Å². The Kier molecular flexibility index (Phi) is 4.60. The highest BCUT2D eigenvalue weighted by atomic mass is 16.1. The zero-order valence-corrected chi connectivity index (χ0v) is 9.99. The third-order valence-electron chi connectivity index (χ3n) is 2.49. The van der Waals surface area contributed by atoms with E-state index in [1.165, 1.54) is 5.69 Å². The average Bonchev–Trinajstić information content (AvgIpc) is 2.16. The molecule has 84 valence electrons. The fourth-order valence-electron chi connectivity index (χ4n) is 1.73.